The summed E-state index contributed by atoms with van der Waals surface area (Å²) in [5, 5.41) is 8.98. The maximum atomic E-state index is 12.5. The third kappa shape index (κ3) is 10.9. The number of thiol groups is 1. The summed E-state index contributed by atoms with van der Waals surface area (Å²) in [5.41, 5.74) is 0.673. The van der Waals surface area contributed by atoms with Crippen molar-refractivity contribution < 1.29 is 14.4 Å². The number of thiazole rings is 1. The number of amides is 2. The van der Waals surface area contributed by atoms with Gasteiger partial charge in [0, 0.05) is 11.8 Å². The fourth-order valence-corrected chi connectivity index (χ4v) is 4.49. The van der Waals surface area contributed by atoms with Gasteiger partial charge in [0.25, 0.3) is 0 Å². The molecule has 0 fully saturated rings. The maximum absolute atomic E-state index is 12.5. The van der Waals surface area contributed by atoms with Gasteiger partial charge in [0.15, 0.2) is 5.78 Å². The van der Waals surface area contributed by atoms with Crippen LogP contribution < -0.4 is 10.6 Å². The molecule has 0 aliphatic carbocycles. The molecular weight excluding hydrogens is 476 g/mol. The average molecular weight is 513 g/mol. The first-order chi connectivity index (χ1) is 15.6. The van der Waals surface area contributed by atoms with Crippen LogP contribution in [0.1, 0.15) is 58.2 Å². The lowest BCUT2D eigenvalue weighted by Crippen LogP contribution is -2.46. The smallest absolute Gasteiger partial charge is 0.245 e. The average Bonchev–Trinajstić information content (AvgIpc) is 3.22. The lowest BCUT2D eigenvalue weighted by atomic mass is 10.0. The van der Waals surface area contributed by atoms with E-state index in [-0.39, 0.29) is 29.4 Å². The number of carbonyl (C=O) groups excluding carboxylic acids is 3. The second-order valence-corrected chi connectivity index (χ2v) is 10.4. The third-order valence-electron chi connectivity index (χ3n) is 4.76. The van der Waals surface area contributed by atoms with E-state index >= 15 is 0 Å². The second-order valence-electron chi connectivity index (χ2n) is 8.18. The van der Waals surface area contributed by atoms with Gasteiger partial charge in [0.2, 0.25) is 11.8 Å². The number of Topliss-reactive ketones (excluding diaryl/α,β-unsaturated/α-hetero) is 1. The number of hydrogen-bond donors (Lipinski definition) is 3. The largest absolute Gasteiger partial charge is 0.350 e. The molecule has 10 heteroatoms. The lowest BCUT2D eigenvalue weighted by Gasteiger charge is -2.20. The predicted octanol–water partition coefficient (Wildman–Crippen LogP) is 3.89. The summed E-state index contributed by atoms with van der Waals surface area (Å²) < 4.78 is 0. The minimum Gasteiger partial charge on any atom is -0.350 e. The number of allylic oxidation sites excluding steroid dienone is 2. The van der Waals surface area contributed by atoms with E-state index in [1.165, 1.54) is 30.0 Å². The fraction of sp³-hybridized carbons (Fsp3) is 0.609. The van der Waals surface area contributed by atoms with E-state index in [9.17, 15) is 14.4 Å². The quantitative estimate of drug-likeness (QED) is 0.161. The van der Waals surface area contributed by atoms with Gasteiger partial charge in [-0.15, -0.1) is 23.1 Å². The molecule has 0 bridgehead atoms. The number of thioether (sulfide) groups is 1. The molecule has 1 heterocycles. The Morgan fingerprint density at radius 2 is 1.97 bits per heavy atom. The monoisotopic (exact) mass is 512 g/mol. The van der Waals surface area contributed by atoms with Gasteiger partial charge >= 0.3 is 0 Å². The molecule has 0 aliphatic rings. The molecule has 0 saturated carbocycles. The Bertz CT molecular complexity index is 852. The van der Waals surface area contributed by atoms with E-state index in [0.717, 1.165) is 17.2 Å². The highest BCUT2D eigenvalue weighted by molar-refractivity contribution is 8.13. The fourth-order valence-electron chi connectivity index (χ4n) is 2.97. The zero-order valence-corrected chi connectivity index (χ0v) is 22.8. The molecule has 0 saturated heterocycles. The van der Waals surface area contributed by atoms with Crippen LogP contribution in [-0.2, 0) is 20.9 Å². The first-order valence-corrected chi connectivity index (χ1v) is 13.7. The Balaban J connectivity index is 2.71. The Morgan fingerprint density at radius 3 is 2.55 bits per heavy atom. The van der Waals surface area contributed by atoms with Crippen molar-refractivity contribution in [3.63, 3.8) is 0 Å². The van der Waals surface area contributed by atoms with Crippen LogP contribution in [0.15, 0.2) is 22.5 Å². The summed E-state index contributed by atoms with van der Waals surface area (Å²) in [6.45, 7) is 9.32. The topological polar surface area (TPSA) is 101 Å². The summed E-state index contributed by atoms with van der Waals surface area (Å²) in [6.07, 6.45) is 7.27. The molecule has 33 heavy (non-hydrogen) atoms. The molecule has 2 amide bonds. The number of aliphatic imine (C=N–C) groups is 1. The normalized spacial score (nSPS) is 14.8. The Kier molecular flexibility index (Phi) is 13.6. The highest BCUT2D eigenvalue weighted by Crippen LogP contribution is 2.17. The Morgan fingerprint density at radius 1 is 1.27 bits per heavy atom. The van der Waals surface area contributed by atoms with Gasteiger partial charge in [-0.1, -0.05) is 32.9 Å². The number of carbonyl (C=O) groups is 3. The molecule has 0 spiro atoms. The van der Waals surface area contributed by atoms with Crippen molar-refractivity contribution in [3.05, 3.63) is 28.2 Å². The SMILES string of the molecule is CSC(=N[C@H](C)C(=O)NC(C(C)=O)C(C)C)c1csc(CNC(=O)C[C@H](C)/C=C/CCS)n1. The highest BCUT2D eigenvalue weighted by Gasteiger charge is 2.24. The Hall–Kier alpha value is -1.65. The number of hydrogen-bond acceptors (Lipinski definition) is 8. The molecule has 184 valence electrons. The molecule has 2 N–H and O–H groups in total. The molecule has 0 aliphatic heterocycles. The summed E-state index contributed by atoms with van der Waals surface area (Å²) in [6, 6.07) is -1.18. The van der Waals surface area contributed by atoms with Crippen molar-refractivity contribution in [1.29, 1.82) is 0 Å². The van der Waals surface area contributed by atoms with Crippen LogP contribution in [0.2, 0.25) is 0 Å². The van der Waals surface area contributed by atoms with Crippen LogP contribution in [0.5, 0.6) is 0 Å². The summed E-state index contributed by atoms with van der Waals surface area (Å²) in [5.74, 6) is 0.571. The number of aromatic nitrogens is 1. The zero-order chi connectivity index (χ0) is 25.0. The minimum atomic E-state index is -0.657. The third-order valence-corrected chi connectivity index (χ3v) is 6.57. The van der Waals surface area contributed by atoms with Crippen LogP contribution in [0.3, 0.4) is 0 Å². The minimum absolute atomic E-state index is 0.00556. The van der Waals surface area contributed by atoms with E-state index in [2.05, 4.69) is 33.2 Å². The first-order valence-electron chi connectivity index (χ1n) is 11.0. The molecule has 3 atom stereocenters. The number of nitrogens with zero attached hydrogens (tertiary/aromatic N) is 2. The van der Waals surface area contributed by atoms with Crippen molar-refractivity contribution in [1.82, 2.24) is 15.6 Å². The van der Waals surface area contributed by atoms with Gasteiger partial charge in [-0.25, -0.2) is 4.98 Å². The van der Waals surface area contributed by atoms with Crippen molar-refractivity contribution in [2.24, 2.45) is 16.8 Å². The van der Waals surface area contributed by atoms with Gasteiger partial charge < -0.3 is 10.6 Å². The van der Waals surface area contributed by atoms with Gasteiger partial charge in [-0.2, -0.15) is 12.6 Å². The van der Waals surface area contributed by atoms with Crippen LogP contribution in [0, 0.1) is 11.8 Å². The molecule has 1 aromatic rings. The van der Waals surface area contributed by atoms with Crippen LogP contribution >= 0.6 is 35.7 Å². The molecule has 7 nitrogen and oxygen atoms in total. The molecule has 1 rings (SSSR count). The lowest BCUT2D eigenvalue weighted by molar-refractivity contribution is -0.128. The molecule has 1 unspecified atom stereocenters. The van der Waals surface area contributed by atoms with Crippen molar-refractivity contribution in [2.45, 2.75) is 66.1 Å². The van der Waals surface area contributed by atoms with Crippen LogP contribution in [-0.4, -0.2) is 51.7 Å². The van der Waals surface area contributed by atoms with E-state index in [4.69, 9.17) is 0 Å². The number of nitrogens with one attached hydrogen (secondary N) is 2. The Labute approximate surface area is 211 Å². The van der Waals surface area contributed by atoms with E-state index in [1.54, 1.807) is 6.92 Å². The van der Waals surface area contributed by atoms with Gasteiger partial charge in [-0.05, 0) is 44.1 Å². The molecule has 0 radical (unpaired) electrons. The van der Waals surface area contributed by atoms with Gasteiger partial charge in [0.05, 0.1) is 12.6 Å². The van der Waals surface area contributed by atoms with Crippen molar-refractivity contribution in [3.8, 4) is 0 Å². The predicted molar refractivity (Wildman–Crippen MR) is 142 cm³/mol. The van der Waals surface area contributed by atoms with Crippen LogP contribution in [0.4, 0.5) is 0 Å². The zero-order valence-electron chi connectivity index (χ0n) is 20.3. The molecule has 1 aromatic heterocycles. The second kappa shape index (κ2) is 15.3. The first kappa shape index (κ1) is 29.4. The van der Waals surface area contributed by atoms with Gasteiger partial charge in [0.1, 0.15) is 21.8 Å². The number of rotatable bonds is 13. The van der Waals surface area contributed by atoms with Crippen molar-refractivity contribution in [2.75, 3.05) is 12.0 Å². The van der Waals surface area contributed by atoms with Gasteiger partial charge in [-0.3, -0.25) is 19.4 Å². The van der Waals surface area contributed by atoms with Crippen LogP contribution in [0.25, 0.3) is 0 Å². The highest BCUT2D eigenvalue weighted by atomic mass is 32.2. The number of ketones is 1. The van der Waals surface area contributed by atoms with E-state index < -0.39 is 12.1 Å². The summed E-state index contributed by atoms with van der Waals surface area (Å²) in [7, 11) is 0. The molecular formula is C23H36N4O3S3. The maximum Gasteiger partial charge on any atom is 0.245 e. The van der Waals surface area contributed by atoms with E-state index in [0.29, 0.717) is 23.7 Å². The molecule has 0 aromatic carbocycles. The van der Waals surface area contributed by atoms with Crippen molar-refractivity contribution >= 4 is 58.4 Å². The summed E-state index contributed by atoms with van der Waals surface area (Å²) >= 11 is 7.01. The standard InChI is InChI=1S/C23H36N4O3S3/c1-14(2)21(17(5)28)27-22(30)16(4)25-23(32-6)18-13-33-20(26-18)12-24-19(29)11-15(3)9-7-8-10-31/h7,9,13-16,21,31H,8,10-12H2,1-6H3,(H,24,29)(H,27,30)/b9-7+,25-23?/t15-,16-,21?/m1/s1. The van der Waals surface area contributed by atoms with E-state index in [1.807, 2.05) is 44.6 Å². The summed E-state index contributed by atoms with van der Waals surface area (Å²) in [4.78, 5) is 45.6.